The summed E-state index contributed by atoms with van der Waals surface area (Å²) in [6, 6.07) is 3.77. The maximum atomic E-state index is 13.3. The van der Waals surface area contributed by atoms with E-state index in [2.05, 4.69) is 15.9 Å². The zero-order valence-electron chi connectivity index (χ0n) is 10.9. The highest BCUT2D eigenvalue weighted by atomic mass is 79.9. The highest BCUT2D eigenvalue weighted by Gasteiger charge is 2.25. The van der Waals surface area contributed by atoms with Gasteiger partial charge in [0.2, 0.25) is 10.0 Å². The lowest BCUT2D eigenvalue weighted by Gasteiger charge is -2.22. The summed E-state index contributed by atoms with van der Waals surface area (Å²) < 4.78 is 44.4. The molecule has 0 amide bonds. The molecule has 19 heavy (non-hydrogen) atoms. The molecule has 7 heteroatoms. The average molecular weight is 354 g/mol. The molecule has 0 fully saturated rings. The minimum atomic E-state index is -3.71. The van der Waals surface area contributed by atoms with Gasteiger partial charge in [-0.2, -0.15) is 4.31 Å². The zero-order valence-corrected chi connectivity index (χ0v) is 13.3. The van der Waals surface area contributed by atoms with E-state index in [0.29, 0.717) is 24.0 Å². The van der Waals surface area contributed by atoms with E-state index in [1.54, 1.807) is 6.92 Å². The normalized spacial score (nSPS) is 12.1. The third-order valence-corrected chi connectivity index (χ3v) is 5.04. The second kappa shape index (κ2) is 7.33. The van der Waals surface area contributed by atoms with Crippen LogP contribution in [-0.2, 0) is 14.8 Å². The molecule has 0 aliphatic carbocycles. The van der Waals surface area contributed by atoms with Crippen molar-refractivity contribution in [1.82, 2.24) is 4.31 Å². The van der Waals surface area contributed by atoms with Crippen molar-refractivity contribution in [3.05, 3.63) is 29.6 Å². The second-order valence-electron chi connectivity index (χ2n) is 4.00. The Bertz CT molecular complexity index is 522. The molecule has 0 atom stereocenters. The third-order valence-electron chi connectivity index (χ3n) is 2.65. The van der Waals surface area contributed by atoms with Crippen LogP contribution in [0.1, 0.15) is 5.56 Å². The van der Waals surface area contributed by atoms with Crippen molar-refractivity contribution in [3.63, 3.8) is 0 Å². The van der Waals surface area contributed by atoms with Crippen molar-refractivity contribution in [2.75, 3.05) is 32.1 Å². The van der Waals surface area contributed by atoms with Crippen molar-refractivity contribution in [2.24, 2.45) is 0 Å². The molecule has 0 unspecified atom stereocenters. The first-order valence-corrected chi connectivity index (χ1v) is 8.31. The quantitative estimate of drug-likeness (QED) is 0.705. The van der Waals surface area contributed by atoms with E-state index in [4.69, 9.17) is 4.74 Å². The lowest BCUT2D eigenvalue weighted by Crippen LogP contribution is -2.35. The van der Waals surface area contributed by atoms with Gasteiger partial charge in [0.15, 0.2) is 0 Å². The zero-order chi connectivity index (χ0) is 14.5. The number of hydrogen-bond acceptors (Lipinski definition) is 3. The van der Waals surface area contributed by atoms with Gasteiger partial charge in [0.1, 0.15) is 5.82 Å². The number of benzene rings is 1. The Morgan fingerprint density at radius 2 is 2.05 bits per heavy atom. The van der Waals surface area contributed by atoms with Crippen molar-refractivity contribution < 1.29 is 17.5 Å². The lowest BCUT2D eigenvalue weighted by atomic mass is 10.2. The van der Waals surface area contributed by atoms with Crippen LogP contribution in [0.3, 0.4) is 0 Å². The highest BCUT2D eigenvalue weighted by molar-refractivity contribution is 9.09. The first-order chi connectivity index (χ1) is 8.93. The van der Waals surface area contributed by atoms with Gasteiger partial charge in [-0.25, -0.2) is 12.8 Å². The van der Waals surface area contributed by atoms with Crippen LogP contribution < -0.4 is 0 Å². The van der Waals surface area contributed by atoms with Gasteiger partial charge in [0, 0.05) is 25.5 Å². The van der Waals surface area contributed by atoms with Crippen LogP contribution in [0.5, 0.6) is 0 Å². The van der Waals surface area contributed by atoms with Crippen LogP contribution in [0.4, 0.5) is 4.39 Å². The molecule has 108 valence electrons. The fraction of sp³-hybridized carbons (Fsp3) is 0.500. The maximum absolute atomic E-state index is 13.3. The molecule has 1 aromatic carbocycles. The Kier molecular flexibility index (Phi) is 6.38. The molecule has 0 bridgehead atoms. The van der Waals surface area contributed by atoms with E-state index < -0.39 is 15.8 Å². The van der Waals surface area contributed by atoms with Gasteiger partial charge in [-0.3, -0.25) is 0 Å². The first-order valence-electron chi connectivity index (χ1n) is 5.74. The lowest BCUT2D eigenvalue weighted by molar-refractivity contribution is 0.180. The summed E-state index contributed by atoms with van der Waals surface area (Å²) in [5, 5.41) is 0.504. The minimum absolute atomic E-state index is 0.00422. The molecule has 0 saturated carbocycles. The van der Waals surface area contributed by atoms with Crippen LogP contribution >= 0.6 is 15.9 Å². The number of aryl methyl sites for hydroxylation is 1. The molecule has 4 nitrogen and oxygen atoms in total. The largest absolute Gasteiger partial charge is 0.383 e. The molecule has 1 rings (SSSR count). The third kappa shape index (κ3) is 4.24. The SMILES string of the molecule is COCCN(CCBr)S(=O)(=O)c1cc(F)ccc1C. The molecule has 0 heterocycles. The summed E-state index contributed by atoms with van der Waals surface area (Å²) in [5.74, 6) is -0.560. The monoisotopic (exact) mass is 353 g/mol. The smallest absolute Gasteiger partial charge is 0.243 e. The van der Waals surface area contributed by atoms with Crippen LogP contribution in [0, 0.1) is 12.7 Å². The van der Waals surface area contributed by atoms with Gasteiger partial charge in [-0.1, -0.05) is 22.0 Å². The minimum Gasteiger partial charge on any atom is -0.383 e. The summed E-state index contributed by atoms with van der Waals surface area (Å²) in [6.45, 7) is 2.48. The van der Waals surface area contributed by atoms with E-state index in [1.165, 1.54) is 23.5 Å². The Balaban J connectivity index is 3.14. The van der Waals surface area contributed by atoms with E-state index in [1.807, 2.05) is 0 Å². The molecule has 0 radical (unpaired) electrons. The number of rotatable bonds is 7. The highest BCUT2D eigenvalue weighted by Crippen LogP contribution is 2.21. The van der Waals surface area contributed by atoms with Gasteiger partial charge in [0.25, 0.3) is 0 Å². The predicted octanol–water partition coefficient (Wildman–Crippen LogP) is 2.17. The van der Waals surface area contributed by atoms with Crippen LogP contribution in [0.15, 0.2) is 23.1 Å². The molecule has 0 aromatic heterocycles. The number of alkyl halides is 1. The summed E-state index contributed by atoms with van der Waals surface area (Å²) in [7, 11) is -2.20. The number of hydrogen-bond donors (Lipinski definition) is 0. The van der Waals surface area contributed by atoms with E-state index in [-0.39, 0.29) is 11.4 Å². The van der Waals surface area contributed by atoms with E-state index in [9.17, 15) is 12.8 Å². The van der Waals surface area contributed by atoms with E-state index in [0.717, 1.165) is 6.07 Å². The fourth-order valence-corrected chi connectivity index (χ4v) is 3.95. The molecule has 1 aromatic rings. The molecule has 0 saturated heterocycles. The van der Waals surface area contributed by atoms with Gasteiger partial charge in [-0.15, -0.1) is 0 Å². The second-order valence-corrected chi connectivity index (χ2v) is 6.70. The van der Waals surface area contributed by atoms with Gasteiger partial charge >= 0.3 is 0 Å². The number of sulfonamides is 1. The van der Waals surface area contributed by atoms with Crippen LogP contribution in [0.25, 0.3) is 0 Å². The summed E-state index contributed by atoms with van der Waals surface area (Å²) in [6.07, 6.45) is 0. The maximum Gasteiger partial charge on any atom is 0.243 e. The van der Waals surface area contributed by atoms with Crippen LogP contribution in [0.2, 0.25) is 0 Å². The molecular weight excluding hydrogens is 337 g/mol. The fourth-order valence-electron chi connectivity index (χ4n) is 1.63. The molecular formula is C12H17BrFNO3S. The van der Waals surface area contributed by atoms with Crippen molar-refractivity contribution in [2.45, 2.75) is 11.8 Å². The standard InChI is InChI=1S/C12H17BrFNO3S/c1-10-3-4-11(14)9-12(10)19(16,17)15(6-5-13)7-8-18-2/h3-4,9H,5-8H2,1-2H3. The van der Waals surface area contributed by atoms with Crippen molar-refractivity contribution in [3.8, 4) is 0 Å². The molecule has 0 aliphatic rings. The Morgan fingerprint density at radius 1 is 1.37 bits per heavy atom. The Morgan fingerprint density at radius 3 is 2.63 bits per heavy atom. The van der Waals surface area contributed by atoms with Crippen LogP contribution in [-0.4, -0.2) is 44.9 Å². The van der Waals surface area contributed by atoms with Gasteiger partial charge < -0.3 is 4.74 Å². The predicted molar refractivity (Wildman–Crippen MR) is 75.6 cm³/mol. The summed E-state index contributed by atoms with van der Waals surface area (Å²) >= 11 is 3.22. The van der Waals surface area contributed by atoms with E-state index >= 15 is 0 Å². The van der Waals surface area contributed by atoms with Gasteiger partial charge in [-0.05, 0) is 24.6 Å². The Labute approximate surface area is 121 Å². The average Bonchev–Trinajstić information content (AvgIpc) is 2.37. The van der Waals surface area contributed by atoms with Crippen molar-refractivity contribution >= 4 is 26.0 Å². The summed E-state index contributed by atoms with van der Waals surface area (Å²) in [5.41, 5.74) is 0.526. The topological polar surface area (TPSA) is 46.6 Å². The Hall–Kier alpha value is -0.500. The first kappa shape index (κ1) is 16.6. The molecule has 0 aliphatic heterocycles. The van der Waals surface area contributed by atoms with Gasteiger partial charge in [0.05, 0.1) is 11.5 Å². The summed E-state index contributed by atoms with van der Waals surface area (Å²) in [4.78, 5) is 0.00422. The number of nitrogens with zero attached hydrogens (tertiary/aromatic N) is 1. The number of halogens is 2. The number of methoxy groups -OCH3 is 1. The molecule has 0 N–H and O–H groups in total. The number of ether oxygens (including phenoxy) is 1. The van der Waals surface area contributed by atoms with Crippen molar-refractivity contribution in [1.29, 1.82) is 0 Å². The molecule has 0 spiro atoms.